The average molecular weight is 249 g/mol. The summed E-state index contributed by atoms with van der Waals surface area (Å²) in [5.41, 5.74) is 0.321. The summed E-state index contributed by atoms with van der Waals surface area (Å²) in [5.74, 6) is -0.963. The number of carboxylic acid groups (broad SMARTS) is 1. The molecule has 18 heavy (non-hydrogen) atoms. The van der Waals surface area contributed by atoms with Crippen LogP contribution in [-0.4, -0.2) is 22.0 Å². The number of benzene rings is 1. The summed E-state index contributed by atoms with van der Waals surface area (Å²) in [6.07, 6.45) is -0.109. The molecule has 1 aromatic rings. The molecule has 0 amide bonds. The van der Waals surface area contributed by atoms with Crippen molar-refractivity contribution < 1.29 is 14.8 Å². The third kappa shape index (κ3) is 3.45. The molecule has 0 fully saturated rings. The lowest BCUT2D eigenvalue weighted by Crippen LogP contribution is -2.19. The lowest BCUT2D eigenvalue weighted by molar-refractivity contribution is -0.384. The van der Waals surface area contributed by atoms with E-state index in [1.165, 1.54) is 12.1 Å². The Morgan fingerprint density at radius 2 is 2.33 bits per heavy atom. The summed E-state index contributed by atoms with van der Waals surface area (Å²) in [6.45, 7) is 1.65. The van der Waals surface area contributed by atoms with E-state index in [-0.39, 0.29) is 23.7 Å². The van der Waals surface area contributed by atoms with Crippen LogP contribution in [0, 0.1) is 21.4 Å². The Hall–Kier alpha value is -2.62. The molecule has 0 aliphatic heterocycles. The molecular weight excluding hydrogens is 238 g/mol. The van der Waals surface area contributed by atoms with Crippen LogP contribution < -0.4 is 5.32 Å². The van der Waals surface area contributed by atoms with Gasteiger partial charge < -0.3 is 10.4 Å². The van der Waals surface area contributed by atoms with Crippen molar-refractivity contribution in [2.75, 3.05) is 5.32 Å². The number of hydrogen-bond donors (Lipinski definition) is 2. The SMILES string of the molecule is CC(CC(=O)O)Nc1ccc([N+](=O)[O-])cc1C#N. The number of nitrogens with zero attached hydrogens (tertiary/aromatic N) is 2. The van der Waals surface area contributed by atoms with Gasteiger partial charge in [0.1, 0.15) is 6.07 Å². The van der Waals surface area contributed by atoms with E-state index in [1.54, 1.807) is 6.92 Å². The number of carbonyl (C=O) groups is 1. The van der Waals surface area contributed by atoms with Crippen LogP contribution in [0.1, 0.15) is 18.9 Å². The van der Waals surface area contributed by atoms with Crippen LogP contribution in [0.5, 0.6) is 0 Å². The van der Waals surface area contributed by atoms with Gasteiger partial charge in [-0.05, 0) is 13.0 Å². The van der Waals surface area contributed by atoms with Crippen molar-refractivity contribution >= 4 is 17.3 Å². The van der Waals surface area contributed by atoms with Crippen molar-refractivity contribution in [1.29, 1.82) is 5.26 Å². The monoisotopic (exact) mass is 249 g/mol. The van der Waals surface area contributed by atoms with Crippen LogP contribution >= 0.6 is 0 Å². The van der Waals surface area contributed by atoms with E-state index in [0.29, 0.717) is 5.69 Å². The summed E-state index contributed by atoms with van der Waals surface area (Å²) < 4.78 is 0. The molecule has 1 aromatic carbocycles. The topological polar surface area (TPSA) is 116 Å². The van der Waals surface area contributed by atoms with Crippen LogP contribution in [0.25, 0.3) is 0 Å². The molecule has 1 unspecified atom stereocenters. The van der Waals surface area contributed by atoms with E-state index >= 15 is 0 Å². The number of aliphatic carboxylic acids is 1. The van der Waals surface area contributed by atoms with Crippen LogP contribution in [-0.2, 0) is 4.79 Å². The molecule has 0 aliphatic carbocycles. The Labute approximate surface area is 103 Å². The largest absolute Gasteiger partial charge is 0.481 e. The third-order valence-corrected chi connectivity index (χ3v) is 2.22. The molecule has 0 aromatic heterocycles. The zero-order chi connectivity index (χ0) is 13.7. The van der Waals surface area contributed by atoms with Gasteiger partial charge in [-0.15, -0.1) is 0 Å². The fraction of sp³-hybridized carbons (Fsp3) is 0.273. The number of rotatable bonds is 5. The van der Waals surface area contributed by atoms with Gasteiger partial charge in [0.2, 0.25) is 0 Å². The van der Waals surface area contributed by atoms with E-state index < -0.39 is 10.9 Å². The molecule has 94 valence electrons. The molecule has 0 bridgehead atoms. The zero-order valence-corrected chi connectivity index (χ0v) is 9.58. The number of nitro groups is 1. The number of carboxylic acids is 1. The second-order valence-corrected chi connectivity index (χ2v) is 3.74. The Bertz CT molecular complexity index is 522. The van der Waals surface area contributed by atoms with E-state index in [4.69, 9.17) is 10.4 Å². The minimum Gasteiger partial charge on any atom is -0.481 e. The molecule has 0 aliphatic rings. The minimum absolute atomic E-state index is 0.109. The van der Waals surface area contributed by atoms with Gasteiger partial charge in [0.05, 0.1) is 22.6 Å². The fourth-order valence-corrected chi connectivity index (χ4v) is 1.44. The highest BCUT2D eigenvalue weighted by Crippen LogP contribution is 2.22. The van der Waals surface area contributed by atoms with Gasteiger partial charge in [-0.3, -0.25) is 14.9 Å². The van der Waals surface area contributed by atoms with Crippen LogP contribution in [0.4, 0.5) is 11.4 Å². The predicted molar refractivity (Wildman–Crippen MR) is 63.1 cm³/mol. The maximum Gasteiger partial charge on any atom is 0.305 e. The van der Waals surface area contributed by atoms with E-state index in [9.17, 15) is 14.9 Å². The van der Waals surface area contributed by atoms with Gasteiger partial charge in [-0.1, -0.05) is 0 Å². The first-order valence-electron chi connectivity index (χ1n) is 5.11. The number of nitro benzene ring substituents is 1. The molecule has 1 atom stereocenters. The minimum atomic E-state index is -0.963. The Kier molecular flexibility index (Phi) is 4.21. The molecule has 0 heterocycles. The summed E-state index contributed by atoms with van der Waals surface area (Å²) in [6, 6.07) is 5.26. The number of nitrogens with one attached hydrogen (secondary N) is 1. The Balaban J connectivity index is 2.93. The van der Waals surface area contributed by atoms with Crippen LogP contribution in [0.3, 0.4) is 0 Å². The zero-order valence-electron chi connectivity index (χ0n) is 9.58. The first-order chi connectivity index (χ1) is 8.43. The van der Waals surface area contributed by atoms with Gasteiger partial charge in [0, 0.05) is 18.2 Å². The van der Waals surface area contributed by atoms with Gasteiger partial charge in [-0.2, -0.15) is 5.26 Å². The molecule has 2 N–H and O–H groups in total. The predicted octanol–water partition coefficient (Wildman–Crippen LogP) is 1.74. The fourth-order valence-electron chi connectivity index (χ4n) is 1.44. The number of non-ortho nitro benzene ring substituents is 1. The normalized spacial score (nSPS) is 11.3. The van der Waals surface area contributed by atoms with Crippen molar-refractivity contribution in [3.05, 3.63) is 33.9 Å². The van der Waals surface area contributed by atoms with Crippen molar-refractivity contribution in [2.45, 2.75) is 19.4 Å². The summed E-state index contributed by atoms with van der Waals surface area (Å²) in [7, 11) is 0. The highest BCUT2D eigenvalue weighted by Gasteiger charge is 2.13. The van der Waals surface area contributed by atoms with Crippen LogP contribution in [0.2, 0.25) is 0 Å². The maximum atomic E-state index is 10.5. The molecule has 0 saturated heterocycles. The molecule has 7 nitrogen and oxygen atoms in total. The highest BCUT2D eigenvalue weighted by atomic mass is 16.6. The molecule has 0 radical (unpaired) electrons. The van der Waals surface area contributed by atoms with Gasteiger partial charge >= 0.3 is 5.97 Å². The smallest absolute Gasteiger partial charge is 0.305 e. The molecule has 0 saturated carbocycles. The Morgan fingerprint density at radius 3 is 2.83 bits per heavy atom. The van der Waals surface area contributed by atoms with Gasteiger partial charge in [0.15, 0.2) is 0 Å². The lowest BCUT2D eigenvalue weighted by atomic mass is 10.1. The molecule has 7 heteroatoms. The number of nitriles is 1. The second kappa shape index (κ2) is 5.63. The van der Waals surface area contributed by atoms with Crippen molar-refractivity contribution in [2.24, 2.45) is 0 Å². The summed E-state index contributed by atoms with van der Waals surface area (Å²) >= 11 is 0. The van der Waals surface area contributed by atoms with Crippen LogP contribution in [0.15, 0.2) is 18.2 Å². The average Bonchev–Trinajstić information content (AvgIpc) is 2.27. The summed E-state index contributed by atoms with van der Waals surface area (Å²) in [4.78, 5) is 20.5. The van der Waals surface area contributed by atoms with Gasteiger partial charge in [0.25, 0.3) is 5.69 Å². The number of anilines is 1. The van der Waals surface area contributed by atoms with E-state index in [1.807, 2.05) is 6.07 Å². The highest BCUT2D eigenvalue weighted by molar-refractivity contribution is 5.69. The van der Waals surface area contributed by atoms with E-state index in [0.717, 1.165) is 6.07 Å². The molecule has 0 spiro atoms. The van der Waals surface area contributed by atoms with E-state index in [2.05, 4.69) is 5.32 Å². The third-order valence-electron chi connectivity index (χ3n) is 2.22. The number of hydrogen-bond acceptors (Lipinski definition) is 5. The second-order valence-electron chi connectivity index (χ2n) is 3.74. The van der Waals surface area contributed by atoms with Crippen molar-refractivity contribution in [3.8, 4) is 6.07 Å². The molecular formula is C11H11N3O4. The Morgan fingerprint density at radius 1 is 1.67 bits per heavy atom. The lowest BCUT2D eigenvalue weighted by Gasteiger charge is -2.13. The van der Waals surface area contributed by atoms with Crippen molar-refractivity contribution in [3.63, 3.8) is 0 Å². The quantitative estimate of drug-likeness (QED) is 0.606. The van der Waals surface area contributed by atoms with Gasteiger partial charge in [-0.25, -0.2) is 0 Å². The maximum absolute atomic E-state index is 10.5. The van der Waals surface area contributed by atoms with Crippen molar-refractivity contribution in [1.82, 2.24) is 0 Å². The summed E-state index contributed by atoms with van der Waals surface area (Å²) in [5, 5.41) is 30.9. The first kappa shape index (κ1) is 13.4. The first-order valence-corrected chi connectivity index (χ1v) is 5.11. The standard InChI is InChI=1S/C11H11N3O4/c1-7(4-11(15)16)13-10-3-2-9(14(17)18)5-8(10)6-12/h2-3,5,7,13H,4H2,1H3,(H,15,16). The molecule has 1 rings (SSSR count).